The minimum absolute atomic E-state index is 0.201. The van der Waals surface area contributed by atoms with E-state index in [-0.39, 0.29) is 18.5 Å². The second-order valence-electron chi connectivity index (χ2n) is 2.95. The van der Waals surface area contributed by atoms with Crippen LogP contribution in [0.15, 0.2) is 0 Å². The smallest absolute Gasteiger partial charge is 0.317 e. The fourth-order valence-corrected chi connectivity index (χ4v) is 1.37. The summed E-state index contributed by atoms with van der Waals surface area (Å²) in [6, 6.07) is -0.768. The minimum atomic E-state index is -0.520. The highest BCUT2D eigenvalue weighted by Gasteiger charge is 2.31. The molecule has 1 heterocycles. The van der Waals surface area contributed by atoms with Crippen LogP contribution in [0.25, 0.3) is 0 Å². The van der Waals surface area contributed by atoms with Crippen molar-refractivity contribution in [3.05, 3.63) is 0 Å². The van der Waals surface area contributed by atoms with Crippen molar-refractivity contribution in [3.8, 4) is 0 Å². The van der Waals surface area contributed by atoms with Gasteiger partial charge < -0.3 is 20.3 Å². The van der Waals surface area contributed by atoms with E-state index >= 15 is 0 Å². The zero-order valence-electron chi connectivity index (χ0n) is 8.37. The molecule has 1 atom stereocenters. The van der Waals surface area contributed by atoms with Crippen molar-refractivity contribution in [1.82, 2.24) is 15.5 Å². The van der Waals surface area contributed by atoms with Crippen LogP contribution in [-0.2, 0) is 9.53 Å². The molecule has 0 aromatic carbocycles. The first-order valence-corrected chi connectivity index (χ1v) is 4.48. The van der Waals surface area contributed by atoms with Gasteiger partial charge in [0.05, 0.1) is 13.2 Å². The quantitative estimate of drug-likeness (QED) is 0.558. The number of hydrogen-bond acceptors (Lipinski definition) is 3. The first kappa shape index (κ1) is 10.8. The van der Waals surface area contributed by atoms with Gasteiger partial charge in [-0.2, -0.15) is 0 Å². The predicted octanol–water partition coefficient (Wildman–Crippen LogP) is -1.23. The summed E-state index contributed by atoms with van der Waals surface area (Å²) in [4.78, 5) is 24.2. The number of carbonyl (C=O) groups is 2. The third-order valence-electron chi connectivity index (χ3n) is 2.15. The summed E-state index contributed by atoms with van der Waals surface area (Å²) < 4.78 is 5.15. The van der Waals surface area contributed by atoms with Gasteiger partial charge in [-0.1, -0.05) is 0 Å². The van der Waals surface area contributed by atoms with Gasteiger partial charge in [-0.25, -0.2) is 4.79 Å². The molecule has 14 heavy (non-hydrogen) atoms. The Labute approximate surface area is 82.6 Å². The summed E-state index contributed by atoms with van der Waals surface area (Å²) >= 11 is 0. The first-order valence-electron chi connectivity index (χ1n) is 4.48. The lowest BCUT2D eigenvalue weighted by molar-refractivity contribution is -0.129. The van der Waals surface area contributed by atoms with Crippen LogP contribution in [0.1, 0.15) is 0 Å². The Morgan fingerprint density at radius 1 is 1.36 bits per heavy atom. The fourth-order valence-electron chi connectivity index (χ4n) is 1.37. The lowest BCUT2D eigenvalue weighted by Crippen LogP contribution is -2.57. The number of amides is 3. The van der Waals surface area contributed by atoms with Crippen LogP contribution in [0.5, 0.6) is 0 Å². The number of nitrogens with zero attached hydrogens (tertiary/aromatic N) is 1. The molecule has 6 heteroatoms. The molecule has 0 aliphatic carbocycles. The van der Waals surface area contributed by atoms with E-state index in [0.29, 0.717) is 13.2 Å². The van der Waals surface area contributed by atoms with Crippen molar-refractivity contribution in [2.75, 3.05) is 33.9 Å². The predicted molar refractivity (Wildman–Crippen MR) is 49.8 cm³/mol. The average Bonchev–Trinajstić information content (AvgIpc) is 2.27. The number of hydrogen-bond donors (Lipinski definition) is 2. The van der Waals surface area contributed by atoms with Crippen LogP contribution in [0, 0.1) is 0 Å². The molecule has 1 unspecified atom stereocenters. The van der Waals surface area contributed by atoms with Crippen LogP contribution in [-0.4, -0.2) is 56.7 Å². The number of carbonyl (C=O) groups excluding carboxylic acids is 2. The first-order chi connectivity index (χ1) is 6.70. The Bertz CT molecular complexity index is 208. The normalized spacial score (nSPS) is 21.6. The summed E-state index contributed by atoms with van der Waals surface area (Å²) in [6.45, 7) is 1.17. The van der Waals surface area contributed by atoms with E-state index in [0.717, 1.165) is 0 Å². The van der Waals surface area contributed by atoms with Gasteiger partial charge in [-0.3, -0.25) is 4.79 Å². The Balaban J connectivity index is 2.68. The molecular formula is C8H15N3O3. The molecule has 1 fully saturated rings. The SMILES string of the molecule is CNC(=O)C1COCCN1C(=O)NC. The third-order valence-corrected chi connectivity index (χ3v) is 2.15. The Hall–Kier alpha value is -1.30. The molecule has 1 rings (SSSR count). The van der Waals surface area contributed by atoms with Gasteiger partial charge in [0.1, 0.15) is 6.04 Å². The Morgan fingerprint density at radius 3 is 2.64 bits per heavy atom. The van der Waals surface area contributed by atoms with E-state index in [4.69, 9.17) is 4.74 Å². The molecule has 0 radical (unpaired) electrons. The van der Waals surface area contributed by atoms with Crippen LogP contribution in [0.2, 0.25) is 0 Å². The Morgan fingerprint density at radius 2 is 2.07 bits per heavy atom. The van der Waals surface area contributed by atoms with E-state index in [1.54, 1.807) is 14.1 Å². The molecule has 1 aliphatic rings. The topological polar surface area (TPSA) is 70.7 Å². The van der Waals surface area contributed by atoms with Crippen molar-refractivity contribution < 1.29 is 14.3 Å². The molecule has 0 aromatic heterocycles. The number of nitrogens with one attached hydrogen (secondary N) is 2. The number of ether oxygens (including phenoxy) is 1. The Kier molecular flexibility index (Phi) is 3.70. The second kappa shape index (κ2) is 4.80. The van der Waals surface area contributed by atoms with E-state index in [2.05, 4.69) is 10.6 Å². The summed E-state index contributed by atoms with van der Waals surface area (Å²) in [7, 11) is 3.08. The van der Waals surface area contributed by atoms with Gasteiger partial charge in [-0.05, 0) is 0 Å². The fraction of sp³-hybridized carbons (Fsp3) is 0.750. The molecule has 0 saturated carbocycles. The summed E-state index contributed by atoms with van der Waals surface area (Å²) in [5, 5.41) is 5.00. The molecule has 6 nitrogen and oxygen atoms in total. The zero-order valence-corrected chi connectivity index (χ0v) is 8.37. The van der Waals surface area contributed by atoms with Crippen molar-refractivity contribution in [2.24, 2.45) is 0 Å². The van der Waals surface area contributed by atoms with Crippen molar-refractivity contribution in [1.29, 1.82) is 0 Å². The van der Waals surface area contributed by atoms with E-state index < -0.39 is 6.04 Å². The number of urea groups is 1. The van der Waals surface area contributed by atoms with E-state index in [1.165, 1.54) is 4.90 Å². The van der Waals surface area contributed by atoms with Gasteiger partial charge in [0.2, 0.25) is 5.91 Å². The molecule has 0 aromatic rings. The maximum Gasteiger partial charge on any atom is 0.317 e. The van der Waals surface area contributed by atoms with Gasteiger partial charge in [0.25, 0.3) is 0 Å². The standard InChI is InChI=1S/C8H15N3O3/c1-9-7(12)6-5-14-4-3-11(6)8(13)10-2/h6H,3-5H2,1-2H3,(H,9,12)(H,10,13). The number of likely N-dealkylation sites (N-methyl/N-ethyl adjacent to an activating group) is 1. The molecule has 0 bridgehead atoms. The molecule has 3 amide bonds. The second-order valence-corrected chi connectivity index (χ2v) is 2.95. The average molecular weight is 201 g/mol. The molecular weight excluding hydrogens is 186 g/mol. The van der Waals surface area contributed by atoms with Crippen LogP contribution >= 0.6 is 0 Å². The molecule has 1 aliphatic heterocycles. The van der Waals surface area contributed by atoms with Gasteiger partial charge >= 0.3 is 6.03 Å². The van der Waals surface area contributed by atoms with Gasteiger partial charge in [-0.15, -0.1) is 0 Å². The van der Waals surface area contributed by atoms with E-state index in [1.807, 2.05) is 0 Å². The highest BCUT2D eigenvalue weighted by atomic mass is 16.5. The van der Waals surface area contributed by atoms with Crippen molar-refractivity contribution in [3.63, 3.8) is 0 Å². The van der Waals surface area contributed by atoms with Gasteiger partial charge in [0.15, 0.2) is 0 Å². The highest BCUT2D eigenvalue weighted by Crippen LogP contribution is 2.06. The number of morpholine rings is 1. The largest absolute Gasteiger partial charge is 0.377 e. The van der Waals surface area contributed by atoms with Crippen molar-refractivity contribution >= 4 is 11.9 Å². The lowest BCUT2D eigenvalue weighted by atomic mass is 10.2. The summed E-state index contributed by atoms with van der Waals surface area (Å²) in [5.74, 6) is -0.201. The third kappa shape index (κ3) is 2.14. The van der Waals surface area contributed by atoms with E-state index in [9.17, 15) is 9.59 Å². The number of rotatable bonds is 1. The molecule has 2 N–H and O–H groups in total. The van der Waals surface area contributed by atoms with Crippen LogP contribution in [0.4, 0.5) is 4.79 Å². The monoisotopic (exact) mass is 201 g/mol. The maximum atomic E-state index is 11.4. The van der Waals surface area contributed by atoms with Crippen LogP contribution < -0.4 is 10.6 Å². The molecule has 0 spiro atoms. The highest BCUT2D eigenvalue weighted by molar-refractivity contribution is 5.87. The minimum Gasteiger partial charge on any atom is -0.377 e. The molecule has 80 valence electrons. The van der Waals surface area contributed by atoms with Crippen LogP contribution in [0.3, 0.4) is 0 Å². The lowest BCUT2D eigenvalue weighted by Gasteiger charge is -2.33. The van der Waals surface area contributed by atoms with Gasteiger partial charge in [0, 0.05) is 20.6 Å². The molecule has 1 saturated heterocycles. The maximum absolute atomic E-state index is 11.4. The zero-order chi connectivity index (χ0) is 10.6. The summed E-state index contributed by atoms with van der Waals surface area (Å²) in [6.07, 6.45) is 0. The van der Waals surface area contributed by atoms with Crippen molar-refractivity contribution in [2.45, 2.75) is 6.04 Å². The summed E-state index contributed by atoms with van der Waals surface area (Å²) in [5.41, 5.74) is 0.